The number of nitrogens with zero attached hydrogens (tertiary/aromatic N) is 2. The van der Waals surface area contributed by atoms with Crippen molar-refractivity contribution in [1.29, 1.82) is 0 Å². The summed E-state index contributed by atoms with van der Waals surface area (Å²) in [6.07, 6.45) is 0. The van der Waals surface area contributed by atoms with Gasteiger partial charge in [-0.15, -0.1) is 0 Å². The van der Waals surface area contributed by atoms with Crippen LogP contribution < -0.4 is 9.64 Å². The van der Waals surface area contributed by atoms with Crippen LogP contribution in [0.1, 0.15) is 5.56 Å². The summed E-state index contributed by atoms with van der Waals surface area (Å²) in [5.74, 6) is 0.0657. The predicted octanol–water partition coefficient (Wildman–Crippen LogP) is 3.56. The first-order chi connectivity index (χ1) is 10.1. The SMILES string of the molecule is O=C1COc2ccc(Br)nc2N1Cc1c(F)cccc1Cl. The van der Waals surface area contributed by atoms with E-state index in [0.717, 1.165) is 0 Å². The van der Waals surface area contributed by atoms with E-state index in [2.05, 4.69) is 20.9 Å². The summed E-state index contributed by atoms with van der Waals surface area (Å²) >= 11 is 9.26. The largest absolute Gasteiger partial charge is 0.480 e. The standard InChI is InChI=1S/C14H9BrClFN2O2/c15-12-5-4-11-14(18-12)19(13(20)7-21-11)6-8-9(16)2-1-3-10(8)17/h1-5H,6-7H2. The van der Waals surface area contributed by atoms with Crippen LogP contribution >= 0.6 is 27.5 Å². The molecule has 0 bridgehead atoms. The molecule has 3 rings (SSSR count). The summed E-state index contributed by atoms with van der Waals surface area (Å²) in [4.78, 5) is 17.7. The molecule has 4 nitrogen and oxygen atoms in total. The number of carbonyl (C=O) groups is 1. The second kappa shape index (κ2) is 5.61. The third-order valence-corrected chi connectivity index (χ3v) is 3.89. The predicted molar refractivity (Wildman–Crippen MR) is 80.0 cm³/mol. The Labute approximate surface area is 133 Å². The molecule has 7 heteroatoms. The van der Waals surface area contributed by atoms with Crippen LogP contribution in [0.3, 0.4) is 0 Å². The van der Waals surface area contributed by atoms with Crippen LogP contribution in [0.4, 0.5) is 10.2 Å². The Kier molecular flexibility index (Phi) is 3.82. The van der Waals surface area contributed by atoms with E-state index >= 15 is 0 Å². The van der Waals surface area contributed by atoms with Gasteiger partial charge in [-0.25, -0.2) is 9.37 Å². The van der Waals surface area contributed by atoms with E-state index in [1.807, 2.05) is 0 Å². The number of pyridine rings is 1. The van der Waals surface area contributed by atoms with E-state index in [-0.39, 0.29) is 29.6 Å². The number of rotatable bonds is 2. The summed E-state index contributed by atoms with van der Waals surface area (Å²) in [6.45, 7) is -0.105. The highest BCUT2D eigenvalue weighted by atomic mass is 79.9. The van der Waals surface area contributed by atoms with Gasteiger partial charge in [-0.3, -0.25) is 9.69 Å². The number of hydrogen-bond donors (Lipinski definition) is 0. The third kappa shape index (κ3) is 2.73. The Morgan fingerprint density at radius 2 is 2.19 bits per heavy atom. The average Bonchev–Trinajstić information content (AvgIpc) is 2.45. The van der Waals surface area contributed by atoms with E-state index < -0.39 is 5.82 Å². The van der Waals surface area contributed by atoms with Crippen molar-refractivity contribution in [2.45, 2.75) is 6.54 Å². The minimum atomic E-state index is -0.460. The molecule has 0 unspecified atom stereocenters. The molecule has 0 N–H and O–H groups in total. The summed E-state index contributed by atoms with van der Waals surface area (Å²) in [5.41, 5.74) is 0.252. The van der Waals surface area contributed by atoms with Gasteiger partial charge >= 0.3 is 0 Å². The molecular weight excluding hydrogens is 363 g/mol. The zero-order chi connectivity index (χ0) is 15.0. The molecule has 21 heavy (non-hydrogen) atoms. The van der Waals surface area contributed by atoms with Crippen LogP contribution in [-0.2, 0) is 11.3 Å². The van der Waals surface area contributed by atoms with Gasteiger partial charge in [0.2, 0.25) is 0 Å². The van der Waals surface area contributed by atoms with Crippen molar-refractivity contribution in [2.75, 3.05) is 11.5 Å². The Morgan fingerprint density at radius 3 is 2.95 bits per heavy atom. The minimum absolute atomic E-state index is 0.00412. The number of benzene rings is 1. The molecule has 0 saturated heterocycles. The van der Waals surface area contributed by atoms with Crippen molar-refractivity contribution in [3.8, 4) is 5.75 Å². The number of hydrogen-bond acceptors (Lipinski definition) is 3. The molecule has 1 amide bonds. The molecule has 108 valence electrons. The maximum absolute atomic E-state index is 13.9. The summed E-state index contributed by atoms with van der Waals surface area (Å²) in [7, 11) is 0. The van der Waals surface area contributed by atoms with Crippen LogP contribution in [0.5, 0.6) is 5.75 Å². The number of anilines is 1. The molecule has 1 aromatic carbocycles. The first kappa shape index (κ1) is 14.3. The quantitative estimate of drug-likeness (QED) is 0.758. The Hall–Kier alpha value is -1.66. The Bertz CT molecular complexity index is 706. The van der Waals surface area contributed by atoms with Crippen molar-refractivity contribution in [3.63, 3.8) is 0 Å². The summed E-state index contributed by atoms with van der Waals surface area (Å²) in [6, 6.07) is 7.82. The number of fused-ring (bicyclic) bond motifs is 1. The van der Waals surface area contributed by atoms with Crippen LogP contribution in [0.25, 0.3) is 0 Å². The Balaban J connectivity index is 2.03. The molecule has 0 fully saturated rings. The fourth-order valence-electron chi connectivity index (χ4n) is 2.06. The van der Waals surface area contributed by atoms with Gasteiger partial charge in [0.15, 0.2) is 18.2 Å². The normalized spacial score (nSPS) is 13.9. The number of carbonyl (C=O) groups excluding carboxylic acids is 1. The van der Waals surface area contributed by atoms with E-state index in [1.54, 1.807) is 18.2 Å². The molecule has 1 aliphatic heterocycles. The van der Waals surface area contributed by atoms with Gasteiger partial charge < -0.3 is 4.74 Å². The molecule has 1 aromatic heterocycles. The van der Waals surface area contributed by atoms with Gasteiger partial charge in [-0.2, -0.15) is 0 Å². The highest BCUT2D eigenvalue weighted by molar-refractivity contribution is 9.10. The molecule has 0 radical (unpaired) electrons. The number of ether oxygens (including phenoxy) is 1. The average molecular weight is 372 g/mol. The second-order valence-corrected chi connectivity index (χ2v) is 5.64. The maximum Gasteiger partial charge on any atom is 0.266 e. The lowest BCUT2D eigenvalue weighted by atomic mass is 10.2. The molecular formula is C14H9BrClFN2O2. The molecule has 0 atom stereocenters. The molecule has 2 aromatic rings. The van der Waals surface area contributed by atoms with Crippen LogP contribution in [0, 0.1) is 5.82 Å². The van der Waals surface area contributed by atoms with Gasteiger partial charge in [0.1, 0.15) is 10.4 Å². The lowest BCUT2D eigenvalue weighted by Gasteiger charge is -2.28. The summed E-state index contributed by atoms with van der Waals surface area (Å²) < 4.78 is 19.8. The third-order valence-electron chi connectivity index (χ3n) is 3.09. The van der Waals surface area contributed by atoms with Crippen LogP contribution in [0.15, 0.2) is 34.9 Å². The van der Waals surface area contributed by atoms with Crippen LogP contribution in [0.2, 0.25) is 5.02 Å². The fourth-order valence-corrected chi connectivity index (χ4v) is 2.58. The topological polar surface area (TPSA) is 42.4 Å². The van der Waals surface area contributed by atoms with E-state index in [0.29, 0.717) is 16.2 Å². The number of halogens is 3. The lowest BCUT2D eigenvalue weighted by molar-refractivity contribution is -0.121. The number of amides is 1. The maximum atomic E-state index is 13.9. The number of aromatic nitrogens is 1. The lowest BCUT2D eigenvalue weighted by Crippen LogP contribution is -2.39. The highest BCUT2D eigenvalue weighted by Gasteiger charge is 2.28. The first-order valence-electron chi connectivity index (χ1n) is 6.09. The summed E-state index contributed by atoms with van der Waals surface area (Å²) in [5, 5.41) is 0.269. The van der Waals surface area contributed by atoms with Gasteiger partial charge in [0.05, 0.1) is 6.54 Å². The Morgan fingerprint density at radius 1 is 1.38 bits per heavy atom. The molecule has 1 aliphatic rings. The van der Waals surface area contributed by atoms with Crippen molar-refractivity contribution in [1.82, 2.24) is 4.98 Å². The minimum Gasteiger partial charge on any atom is -0.480 e. The van der Waals surface area contributed by atoms with Gasteiger partial charge in [-0.1, -0.05) is 17.7 Å². The van der Waals surface area contributed by atoms with Crippen molar-refractivity contribution in [2.24, 2.45) is 0 Å². The van der Waals surface area contributed by atoms with E-state index in [9.17, 15) is 9.18 Å². The van der Waals surface area contributed by atoms with Gasteiger partial charge in [0.25, 0.3) is 5.91 Å². The van der Waals surface area contributed by atoms with Gasteiger partial charge in [0, 0.05) is 10.6 Å². The molecule has 0 spiro atoms. The second-order valence-electron chi connectivity index (χ2n) is 4.42. The molecule has 0 aliphatic carbocycles. The first-order valence-corrected chi connectivity index (χ1v) is 7.26. The molecule has 0 saturated carbocycles. The van der Waals surface area contributed by atoms with Gasteiger partial charge in [-0.05, 0) is 40.2 Å². The van der Waals surface area contributed by atoms with Crippen molar-refractivity contribution in [3.05, 3.63) is 51.3 Å². The smallest absolute Gasteiger partial charge is 0.266 e. The highest BCUT2D eigenvalue weighted by Crippen LogP contribution is 2.33. The van der Waals surface area contributed by atoms with Crippen molar-refractivity contribution < 1.29 is 13.9 Å². The monoisotopic (exact) mass is 370 g/mol. The van der Waals surface area contributed by atoms with Crippen LogP contribution in [-0.4, -0.2) is 17.5 Å². The van der Waals surface area contributed by atoms with E-state index in [1.165, 1.54) is 17.0 Å². The zero-order valence-electron chi connectivity index (χ0n) is 10.6. The fraction of sp³-hybridized carbons (Fsp3) is 0.143. The van der Waals surface area contributed by atoms with E-state index in [4.69, 9.17) is 16.3 Å². The van der Waals surface area contributed by atoms with Crippen molar-refractivity contribution >= 4 is 39.3 Å². The zero-order valence-corrected chi connectivity index (χ0v) is 13.0. The molecule has 2 heterocycles.